The van der Waals surface area contributed by atoms with E-state index in [0.29, 0.717) is 18.1 Å². The predicted molar refractivity (Wildman–Crippen MR) is 59.0 cm³/mol. The molecule has 0 saturated carbocycles. The van der Waals surface area contributed by atoms with Crippen LogP contribution in [-0.2, 0) is 9.47 Å². The Morgan fingerprint density at radius 3 is 2.87 bits per heavy atom. The lowest BCUT2D eigenvalue weighted by Crippen LogP contribution is -2.45. The fourth-order valence-corrected chi connectivity index (χ4v) is 2.22. The Hall–Kier alpha value is -0.160. The molecule has 2 N–H and O–H groups in total. The van der Waals surface area contributed by atoms with E-state index in [9.17, 15) is 0 Å². The van der Waals surface area contributed by atoms with Crippen LogP contribution in [0.4, 0.5) is 0 Å². The van der Waals surface area contributed by atoms with Crippen LogP contribution in [0.15, 0.2) is 0 Å². The molecule has 0 aromatic carbocycles. The van der Waals surface area contributed by atoms with E-state index in [1.807, 2.05) is 0 Å². The Morgan fingerprint density at radius 1 is 1.27 bits per heavy atom. The summed E-state index contributed by atoms with van der Waals surface area (Å²) >= 11 is 0. The molecule has 0 bridgehead atoms. The Balaban J connectivity index is 1.57. The number of hydrogen-bond donors (Lipinski definition) is 2. The van der Waals surface area contributed by atoms with Crippen LogP contribution in [0.2, 0.25) is 0 Å². The first kappa shape index (κ1) is 11.3. The van der Waals surface area contributed by atoms with E-state index in [1.54, 1.807) is 0 Å². The first-order valence-electron chi connectivity index (χ1n) is 6.01. The third kappa shape index (κ3) is 3.41. The third-order valence-electron chi connectivity index (χ3n) is 3.32. The van der Waals surface area contributed by atoms with Gasteiger partial charge in [-0.2, -0.15) is 0 Å². The molecule has 0 radical (unpaired) electrons. The molecular weight excluding hydrogens is 192 g/mol. The highest BCUT2D eigenvalue weighted by atomic mass is 16.5. The van der Waals surface area contributed by atoms with Crippen molar-refractivity contribution in [3.63, 3.8) is 0 Å². The number of rotatable bonds is 4. The van der Waals surface area contributed by atoms with E-state index >= 15 is 0 Å². The van der Waals surface area contributed by atoms with Crippen molar-refractivity contribution < 1.29 is 9.47 Å². The van der Waals surface area contributed by atoms with Crippen LogP contribution in [0.5, 0.6) is 0 Å². The van der Waals surface area contributed by atoms with E-state index in [-0.39, 0.29) is 0 Å². The summed E-state index contributed by atoms with van der Waals surface area (Å²) in [5.74, 6) is 0.682. The first-order chi connectivity index (χ1) is 7.36. The van der Waals surface area contributed by atoms with Crippen LogP contribution in [-0.4, -0.2) is 51.6 Å². The minimum absolute atomic E-state index is 0.344. The third-order valence-corrected chi connectivity index (χ3v) is 3.32. The molecule has 2 aliphatic heterocycles. The minimum Gasteiger partial charge on any atom is -0.378 e. The molecule has 2 saturated heterocycles. The Morgan fingerprint density at radius 2 is 2.20 bits per heavy atom. The molecule has 2 rings (SSSR count). The second kappa shape index (κ2) is 5.80. The number of hydrogen-bond acceptors (Lipinski definition) is 4. The highest BCUT2D eigenvalue weighted by Crippen LogP contribution is 2.19. The maximum absolute atomic E-state index is 5.61. The van der Waals surface area contributed by atoms with Gasteiger partial charge in [0.1, 0.15) is 0 Å². The minimum atomic E-state index is 0.344. The van der Waals surface area contributed by atoms with Crippen molar-refractivity contribution >= 4 is 0 Å². The molecule has 88 valence electrons. The summed E-state index contributed by atoms with van der Waals surface area (Å²) in [6, 6.07) is 0. The molecule has 0 aliphatic carbocycles. The van der Waals surface area contributed by atoms with Gasteiger partial charge in [-0.15, -0.1) is 0 Å². The maximum Gasteiger partial charge on any atom is 0.0824 e. The second-order valence-corrected chi connectivity index (χ2v) is 4.48. The Labute approximate surface area is 91.7 Å². The van der Waals surface area contributed by atoms with Crippen molar-refractivity contribution in [3.8, 4) is 0 Å². The van der Waals surface area contributed by atoms with Gasteiger partial charge in [-0.1, -0.05) is 0 Å². The van der Waals surface area contributed by atoms with Gasteiger partial charge in [0.25, 0.3) is 0 Å². The van der Waals surface area contributed by atoms with Crippen molar-refractivity contribution in [2.45, 2.75) is 25.6 Å². The van der Waals surface area contributed by atoms with Gasteiger partial charge >= 0.3 is 0 Å². The zero-order valence-electron chi connectivity index (χ0n) is 9.50. The first-order valence-corrected chi connectivity index (χ1v) is 6.01. The van der Waals surface area contributed by atoms with Crippen molar-refractivity contribution in [1.82, 2.24) is 10.6 Å². The summed E-state index contributed by atoms with van der Waals surface area (Å²) in [6.07, 6.45) is 1.96. The highest BCUT2D eigenvalue weighted by molar-refractivity contribution is 4.76. The molecule has 4 heteroatoms. The molecule has 3 unspecified atom stereocenters. The molecular formula is C11H22N2O2. The quantitative estimate of drug-likeness (QED) is 0.691. The smallest absolute Gasteiger partial charge is 0.0824 e. The van der Waals surface area contributed by atoms with Crippen LogP contribution in [0.25, 0.3) is 0 Å². The summed E-state index contributed by atoms with van der Waals surface area (Å²) in [4.78, 5) is 0. The van der Waals surface area contributed by atoms with E-state index in [0.717, 1.165) is 39.4 Å². The summed E-state index contributed by atoms with van der Waals surface area (Å²) in [7, 11) is 0. The number of nitrogens with one attached hydrogen (secondary N) is 2. The van der Waals surface area contributed by atoms with Crippen LogP contribution in [0.3, 0.4) is 0 Å². The number of morpholine rings is 1. The Kier molecular flexibility index (Phi) is 4.38. The summed E-state index contributed by atoms with van der Waals surface area (Å²) in [5, 5.41) is 6.81. The standard InChI is InChI=1S/C11H22N2O2/c1-9-10(2-4-14-9)6-13-8-11-7-12-3-5-15-11/h9-13H,2-8H2,1H3. The van der Waals surface area contributed by atoms with Crippen molar-refractivity contribution in [3.05, 3.63) is 0 Å². The monoisotopic (exact) mass is 214 g/mol. The molecule has 0 aromatic heterocycles. The molecule has 4 nitrogen and oxygen atoms in total. The van der Waals surface area contributed by atoms with Crippen molar-refractivity contribution in [2.24, 2.45) is 5.92 Å². The predicted octanol–water partition coefficient (Wildman–Crippen LogP) is -0.0106. The lowest BCUT2D eigenvalue weighted by Gasteiger charge is -2.24. The van der Waals surface area contributed by atoms with Gasteiger partial charge in [0.2, 0.25) is 0 Å². The molecule has 0 amide bonds. The Bertz CT molecular complexity index is 183. The lowest BCUT2D eigenvalue weighted by atomic mass is 10.0. The molecule has 2 fully saturated rings. The molecule has 2 aliphatic rings. The molecule has 3 atom stereocenters. The fourth-order valence-electron chi connectivity index (χ4n) is 2.22. The second-order valence-electron chi connectivity index (χ2n) is 4.48. The normalized spacial score (nSPS) is 37.0. The van der Waals surface area contributed by atoms with Crippen molar-refractivity contribution in [1.29, 1.82) is 0 Å². The average molecular weight is 214 g/mol. The van der Waals surface area contributed by atoms with Gasteiger partial charge in [-0.3, -0.25) is 0 Å². The SMILES string of the molecule is CC1OCCC1CNCC1CNCCO1. The van der Waals surface area contributed by atoms with Gasteiger partial charge in [0, 0.05) is 32.8 Å². The van der Waals surface area contributed by atoms with Crippen LogP contribution in [0.1, 0.15) is 13.3 Å². The van der Waals surface area contributed by atoms with Crippen LogP contribution in [0, 0.1) is 5.92 Å². The molecule has 2 heterocycles. The zero-order chi connectivity index (χ0) is 10.5. The van der Waals surface area contributed by atoms with E-state index in [2.05, 4.69) is 17.6 Å². The molecule has 0 aromatic rings. The van der Waals surface area contributed by atoms with E-state index in [4.69, 9.17) is 9.47 Å². The van der Waals surface area contributed by atoms with Gasteiger partial charge in [0.15, 0.2) is 0 Å². The molecule has 0 spiro atoms. The lowest BCUT2D eigenvalue weighted by molar-refractivity contribution is 0.0280. The van der Waals surface area contributed by atoms with E-state index in [1.165, 1.54) is 6.42 Å². The van der Waals surface area contributed by atoms with Crippen LogP contribution < -0.4 is 10.6 Å². The molecule has 15 heavy (non-hydrogen) atoms. The topological polar surface area (TPSA) is 42.5 Å². The fraction of sp³-hybridized carbons (Fsp3) is 1.00. The van der Waals surface area contributed by atoms with Gasteiger partial charge < -0.3 is 20.1 Å². The van der Waals surface area contributed by atoms with Gasteiger partial charge in [-0.05, 0) is 19.3 Å². The van der Waals surface area contributed by atoms with Gasteiger partial charge in [-0.25, -0.2) is 0 Å². The number of ether oxygens (including phenoxy) is 2. The summed E-state index contributed by atoms with van der Waals surface area (Å²) < 4.78 is 11.1. The van der Waals surface area contributed by atoms with E-state index < -0.39 is 0 Å². The van der Waals surface area contributed by atoms with Crippen molar-refractivity contribution in [2.75, 3.05) is 39.4 Å². The summed E-state index contributed by atoms with van der Waals surface area (Å²) in [5.41, 5.74) is 0. The average Bonchev–Trinajstić information content (AvgIpc) is 2.66. The summed E-state index contributed by atoms with van der Waals surface area (Å²) in [6.45, 7) is 7.91. The van der Waals surface area contributed by atoms with Crippen LogP contribution >= 0.6 is 0 Å². The zero-order valence-corrected chi connectivity index (χ0v) is 9.50. The highest BCUT2D eigenvalue weighted by Gasteiger charge is 2.24. The maximum atomic E-state index is 5.61. The largest absolute Gasteiger partial charge is 0.378 e. The van der Waals surface area contributed by atoms with Gasteiger partial charge in [0.05, 0.1) is 18.8 Å².